The van der Waals surface area contributed by atoms with E-state index in [1.54, 1.807) is 6.07 Å². The molecule has 0 unspecified atom stereocenters. The van der Waals surface area contributed by atoms with Crippen molar-refractivity contribution in [2.45, 2.75) is 92.1 Å². The predicted molar refractivity (Wildman–Crippen MR) is 225 cm³/mol. The van der Waals surface area contributed by atoms with Crippen LogP contribution in [0.4, 0.5) is 0 Å². The number of fused-ring (bicyclic) bond motifs is 1. The van der Waals surface area contributed by atoms with Crippen LogP contribution in [0, 0.1) is 0 Å². The summed E-state index contributed by atoms with van der Waals surface area (Å²) < 4.78 is 57.3. The molecular weight excluding hydrogens is 912 g/mol. The van der Waals surface area contributed by atoms with Gasteiger partial charge in [-0.25, -0.2) is 9.21 Å². The number of benzene rings is 3. The number of carbonyl (C=O) groups excluding carboxylic acids is 1. The average Bonchev–Trinajstić information content (AvgIpc) is 3.32. The number of aliphatic hydroxyl groups excluding tert-OH is 10. The van der Waals surface area contributed by atoms with Gasteiger partial charge in [-0.3, -0.25) is 0 Å². The van der Waals surface area contributed by atoms with Crippen LogP contribution >= 0.6 is 0 Å². The fourth-order valence-electron chi connectivity index (χ4n) is 7.60. The van der Waals surface area contributed by atoms with E-state index in [-0.39, 0.29) is 56.8 Å². The SMILES string of the molecule is COc1ccc(/C=C/C(=O)OC[C@H]2O[C@@H](Oc3cc4c(O[C@@H]5O[C@H](CO)[C@@H](O)[C@H](O)[C@H]5O)cc(O)cc4[o+]c3-c3ccc(O)c(OC)c3)[C@H](O[C@@H]3O[C@H](CO)[C@@H](O)[C@H](O)[C@H]3O)[C@@H](O)[C@@H]2O)cc1O. The summed E-state index contributed by atoms with van der Waals surface area (Å²) in [6, 6.07) is 11.7. The van der Waals surface area contributed by atoms with Crippen molar-refractivity contribution in [3.63, 3.8) is 0 Å². The van der Waals surface area contributed by atoms with Crippen molar-refractivity contribution >= 4 is 23.0 Å². The Bertz CT molecular complexity index is 2410. The van der Waals surface area contributed by atoms with Gasteiger partial charge in [-0.15, -0.1) is 0 Å². The summed E-state index contributed by atoms with van der Waals surface area (Å²) in [5.41, 5.74) is 0.364. The molecule has 3 fully saturated rings. The lowest BCUT2D eigenvalue weighted by Crippen LogP contribution is -2.65. The third-order valence-corrected chi connectivity index (χ3v) is 11.4. The van der Waals surface area contributed by atoms with Gasteiger partial charge >= 0.3 is 17.3 Å². The number of ether oxygens (including phenoxy) is 9. The highest BCUT2D eigenvalue weighted by molar-refractivity contribution is 5.89. The molecule has 24 heteroatoms. The molecule has 3 aliphatic heterocycles. The number of methoxy groups -OCH3 is 2. The van der Waals surface area contributed by atoms with E-state index in [4.69, 9.17) is 47.0 Å². The number of rotatable bonds is 15. The van der Waals surface area contributed by atoms with Gasteiger partial charge in [-0.05, 0) is 35.9 Å². The van der Waals surface area contributed by atoms with E-state index in [0.717, 1.165) is 18.2 Å². The number of hydrogen-bond acceptors (Lipinski definition) is 23. The normalized spacial score (nSPS) is 31.9. The number of hydrogen-bond donors (Lipinski definition) is 13. The fraction of sp³-hybridized carbons (Fsp3) is 0.455. The predicted octanol–water partition coefficient (Wildman–Crippen LogP) is -2.04. The summed E-state index contributed by atoms with van der Waals surface area (Å²) in [6.45, 7) is -2.40. The Morgan fingerprint density at radius 1 is 0.618 bits per heavy atom. The van der Waals surface area contributed by atoms with Crippen LogP contribution in [0.3, 0.4) is 0 Å². The van der Waals surface area contributed by atoms with Gasteiger partial charge in [0.05, 0.1) is 39.1 Å². The maximum Gasteiger partial charge on any atom is 0.402 e. The largest absolute Gasteiger partial charge is 0.507 e. The van der Waals surface area contributed by atoms with Gasteiger partial charge in [-0.2, -0.15) is 0 Å². The van der Waals surface area contributed by atoms with Crippen molar-refractivity contribution < 1.29 is 118 Å². The third-order valence-electron chi connectivity index (χ3n) is 11.4. The summed E-state index contributed by atoms with van der Waals surface area (Å²) in [5, 5.41) is 137. The van der Waals surface area contributed by atoms with Gasteiger partial charge in [0.25, 0.3) is 0 Å². The highest BCUT2D eigenvalue weighted by Gasteiger charge is 2.52. The number of aromatic hydroxyl groups is 3. The number of phenolic OH excluding ortho intramolecular Hbond substituents is 3. The molecule has 0 amide bonds. The smallest absolute Gasteiger partial charge is 0.402 e. The minimum absolute atomic E-state index is 0.0534. The molecule has 3 saturated heterocycles. The van der Waals surface area contributed by atoms with Crippen molar-refractivity contribution in [3.05, 3.63) is 66.2 Å². The molecule has 4 heterocycles. The van der Waals surface area contributed by atoms with Crippen LogP contribution in [-0.2, 0) is 28.5 Å². The van der Waals surface area contributed by atoms with Gasteiger partial charge in [-0.1, -0.05) is 6.07 Å². The lowest BCUT2D eigenvalue weighted by molar-refractivity contribution is -0.357. The lowest BCUT2D eigenvalue weighted by atomic mass is 9.97. The summed E-state index contributed by atoms with van der Waals surface area (Å²) in [7, 11) is 2.63. The molecule has 7 rings (SSSR count). The molecule has 370 valence electrons. The molecule has 3 aromatic carbocycles. The Balaban J connectivity index is 1.28. The van der Waals surface area contributed by atoms with Crippen LogP contribution in [0.15, 0.2) is 65.1 Å². The molecule has 13 N–H and O–H groups in total. The molecule has 1 aromatic heterocycles. The van der Waals surface area contributed by atoms with Gasteiger partial charge in [0.15, 0.2) is 35.4 Å². The van der Waals surface area contributed by atoms with Gasteiger partial charge < -0.3 is 109 Å². The molecule has 0 spiro atoms. The molecule has 0 saturated carbocycles. The van der Waals surface area contributed by atoms with Crippen LogP contribution < -0.4 is 18.9 Å². The number of esters is 1. The van der Waals surface area contributed by atoms with Gasteiger partial charge in [0.2, 0.25) is 18.3 Å². The second-order valence-corrected chi connectivity index (χ2v) is 15.8. The summed E-state index contributed by atoms with van der Waals surface area (Å²) in [5.74, 6) is -2.64. The van der Waals surface area contributed by atoms with Crippen molar-refractivity contribution in [3.8, 4) is 51.6 Å². The topological polar surface area (TPSA) is 374 Å². The Morgan fingerprint density at radius 2 is 1.24 bits per heavy atom. The van der Waals surface area contributed by atoms with E-state index in [1.165, 1.54) is 56.7 Å². The number of carbonyl (C=O) groups is 1. The quantitative estimate of drug-likeness (QED) is 0.0347. The van der Waals surface area contributed by atoms with Crippen LogP contribution in [0.5, 0.6) is 40.2 Å². The van der Waals surface area contributed by atoms with Crippen molar-refractivity contribution in [2.75, 3.05) is 34.0 Å². The number of phenols is 3. The zero-order valence-corrected chi connectivity index (χ0v) is 35.9. The average molecular weight is 964 g/mol. The molecule has 0 radical (unpaired) electrons. The molecule has 24 nitrogen and oxygen atoms in total. The van der Waals surface area contributed by atoms with Crippen LogP contribution in [0.25, 0.3) is 28.4 Å². The van der Waals surface area contributed by atoms with E-state index in [1.807, 2.05) is 0 Å². The number of aliphatic hydroxyl groups is 10. The zero-order chi connectivity index (χ0) is 49.1. The van der Waals surface area contributed by atoms with Crippen LogP contribution in [-0.4, -0.2) is 199 Å². The molecule has 4 aromatic rings. The molecule has 68 heavy (non-hydrogen) atoms. The Hall–Kier alpha value is -5.68. The van der Waals surface area contributed by atoms with Crippen molar-refractivity contribution in [1.82, 2.24) is 0 Å². The molecule has 0 aliphatic carbocycles. The van der Waals surface area contributed by atoms with Crippen molar-refractivity contribution in [1.29, 1.82) is 0 Å². The van der Waals surface area contributed by atoms with Gasteiger partial charge in [0, 0.05) is 24.3 Å². The Kier molecular flexibility index (Phi) is 15.7. The lowest BCUT2D eigenvalue weighted by Gasteiger charge is -2.45. The Labute approximate surface area is 384 Å². The van der Waals surface area contributed by atoms with E-state index < -0.39 is 124 Å². The second kappa shape index (κ2) is 21.3. The first-order valence-corrected chi connectivity index (χ1v) is 20.8. The van der Waals surface area contributed by atoms with Crippen LogP contribution in [0.1, 0.15) is 5.56 Å². The van der Waals surface area contributed by atoms with E-state index in [0.29, 0.717) is 5.56 Å². The van der Waals surface area contributed by atoms with Crippen LogP contribution in [0.2, 0.25) is 0 Å². The van der Waals surface area contributed by atoms with Crippen molar-refractivity contribution in [2.24, 2.45) is 0 Å². The molecule has 0 bridgehead atoms. The minimum atomic E-state index is -2.07. The van der Waals surface area contributed by atoms with E-state index >= 15 is 0 Å². The molecule has 3 aliphatic rings. The first kappa shape index (κ1) is 50.2. The minimum Gasteiger partial charge on any atom is -0.507 e. The molecular formula is C44H51O24+. The summed E-state index contributed by atoms with van der Waals surface area (Å²) in [4.78, 5) is 12.9. The van der Waals surface area contributed by atoms with E-state index in [2.05, 4.69) is 0 Å². The first-order valence-electron chi connectivity index (χ1n) is 20.8. The van der Waals surface area contributed by atoms with E-state index in [9.17, 15) is 71.2 Å². The first-order chi connectivity index (χ1) is 32.5. The second-order valence-electron chi connectivity index (χ2n) is 15.8. The molecule has 15 atom stereocenters. The highest BCUT2D eigenvalue weighted by Crippen LogP contribution is 2.44. The maximum atomic E-state index is 12.9. The highest BCUT2D eigenvalue weighted by atomic mass is 16.8. The Morgan fingerprint density at radius 3 is 1.88 bits per heavy atom. The monoisotopic (exact) mass is 963 g/mol. The standard InChI is InChI=1S/C44H50O24/c1-59-23-7-3-17(9-22(23)49)4-8-31(50)61-16-30-34(53)37(56)41(68-43-39(58)36(55)33(52)29(15-46)66-43)44(67-30)64-27-13-20-24(62-40(27)18-5-6-21(48)26(10-18)60-2)11-19(47)12-25(20)63-42-38(57)35(54)32(51)28(14-45)65-42/h3-13,28-30,32-39,41-46,51-58H,14-16H2,1-2H3,(H2-,47,48,49)/p+1/b8-4+/t28-,29-,30-,32-,33-,34-,35+,36+,37+,38-,39-,41-,42-,43+,44-/m1/s1. The van der Waals surface area contributed by atoms with Gasteiger partial charge in [0.1, 0.15) is 90.6 Å². The maximum absolute atomic E-state index is 12.9. The zero-order valence-electron chi connectivity index (χ0n) is 35.9. The summed E-state index contributed by atoms with van der Waals surface area (Å²) in [6.07, 6.45) is -25.1. The third kappa shape index (κ3) is 10.5. The summed E-state index contributed by atoms with van der Waals surface area (Å²) >= 11 is 0. The fourth-order valence-corrected chi connectivity index (χ4v) is 7.60.